The molecular formula is C10H24N2. The van der Waals surface area contributed by atoms with E-state index in [1.165, 1.54) is 32.1 Å². The second-order valence-corrected chi connectivity index (χ2v) is 3.43. The lowest BCUT2D eigenvalue weighted by Crippen LogP contribution is -2.12. The van der Waals surface area contributed by atoms with Crippen molar-refractivity contribution in [2.45, 2.75) is 39.0 Å². The van der Waals surface area contributed by atoms with Crippen molar-refractivity contribution in [1.82, 2.24) is 5.32 Å². The van der Waals surface area contributed by atoms with Gasteiger partial charge in [-0.3, -0.25) is 0 Å². The molecule has 1 aliphatic carbocycles. The molecule has 0 saturated heterocycles. The predicted molar refractivity (Wildman–Crippen MR) is 55.2 cm³/mol. The average Bonchev–Trinajstić information content (AvgIpc) is 2.03. The van der Waals surface area contributed by atoms with Crippen molar-refractivity contribution in [2.24, 2.45) is 11.7 Å². The third kappa shape index (κ3) is 6.62. The van der Waals surface area contributed by atoms with Gasteiger partial charge in [-0.15, -0.1) is 0 Å². The molecule has 0 atom stereocenters. The summed E-state index contributed by atoms with van der Waals surface area (Å²) in [5.41, 5.74) is 5.36. The highest BCUT2D eigenvalue weighted by Gasteiger charge is 2.15. The van der Waals surface area contributed by atoms with E-state index in [0.717, 1.165) is 19.0 Å². The molecule has 0 aromatic carbocycles. The minimum Gasteiger partial charge on any atom is -0.330 e. The summed E-state index contributed by atoms with van der Waals surface area (Å²) in [6, 6.07) is 0. The Labute approximate surface area is 76.9 Å². The van der Waals surface area contributed by atoms with Gasteiger partial charge in [-0.1, -0.05) is 26.2 Å². The molecule has 74 valence electrons. The summed E-state index contributed by atoms with van der Waals surface area (Å²) in [4.78, 5) is 0. The first-order valence-electron chi connectivity index (χ1n) is 5.19. The van der Waals surface area contributed by atoms with Crippen LogP contribution in [-0.2, 0) is 0 Å². The molecule has 0 radical (unpaired) electrons. The molecule has 0 spiro atoms. The molecule has 1 fully saturated rings. The third-order valence-corrected chi connectivity index (χ3v) is 2.39. The number of hydrogen-bond donors (Lipinski definition) is 2. The largest absolute Gasteiger partial charge is 0.330 e. The fourth-order valence-corrected chi connectivity index (χ4v) is 1.19. The fourth-order valence-electron chi connectivity index (χ4n) is 1.19. The number of nitrogens with one attached hydrogen (secondary N) is 1. The van der Waals surface area contributed by atoms with Crippen LogP contribution in [0.1, 0.15) is 39.0 Å². The topological polar surface area (TPSA) is 38.0 Å². The lowest BCUT2D eigenvalue weighted by molar-refractivity contribution is 0.291. The molecule has 2 nitrogen and oxygen atoms in total. The molecule has 3 N–H and O–H groups in total. The van der Waals surface area contributed by atoms with Crippen LogP contribution in [0.3, 0.4) is 0 Å². The number of rotatable bonds is 4. The lowest BCUT2D eigenvalue weighted by atomic mass is 9.82. The Balaban J connectivity index is 0.000000261. The van der Waals surface area contributed by atoms with Crippen LogP contribution < -0.4 is 11.1 Å². The van der Waals surface area contributed by atoms with Gasteiger partial charge < -0.3 is 11.1 Å². The molecule has 0 aromatic rings. The Morgan fingerprint density at radius 3 is 2.25 bits per heavy atom. The first-order valence-corrected chi connectivity index (χ1v) is 5.19. The number of nitrogens with two attached hydrogens (primary N) is 1. The van der Waals surface area contributed by atoms with Crippen LogP contribution in [0.5, 0.6) is 0 Å². The van der Waals surface area contributed by atoms with E-state index in [0.29, 0.717) is 0 Å². The van der Waals surface area contributed by atoms with E-state index < -0.39 is 0 Å². The smallest absolute Gasteiger partial charge is 0.00772 e. The second-order valence-electron chi connectivity index (χ2n) is 3.43. The molecule has 1 saturated carbocycles. The maximum absolute atomic E-state index is 5.36. The van der Waals surface area contributed by atoms with E-state index in [9.17, 15) is 0 Å². The summed E-state index contributed by atoms with van der Waals surface area (Å²) in [5.74, 6) is 1.05. The van der Waals surface area contributed by atoms with Gasteiger partial charge in [0.15, 0.2) is 0 Å². The molecule has 12 heavy (non-hydrogen) atoms. The van der Waals surface area contributed by atoms with Gasteiger partial charge >= 0.3 is 0 Å². The van der Waals surface area contributed by atoms with E-state index in [4.69, 9.17) is 5.73 Å². The molecule has 0 heterocycles. The summed E-state index contributed by atoms with van der Waals surface area (Å²) >= 11 is 0. The summed E-state index contributed by atoms with van der Waals surface area (Å²) < 4.78 is 0. The SMILES string of the molecule is CCNC.NCCCC1CCC1. The van der Waals surface area contributed by atoms with Gasteiger partial charge in [-0.25, -0.2) is 0 Å². The van der Waals surface area contributed by atoms with Gasteiger partial charge in [0.1, 0.15) is 0 Å². The summed E-state index contributed by atoms with van der Waals surface area (Å²) in [6.45, 7) is 4.02. The average molecular weight is 172 g/mol. The molecule has 1 aliphatic rings. The summed E-state index contributed by atoms with van der Waals surface area (Å²) in [7, 11) is 1.93. The van der Waals surface area contributed by atoms with Crippen LogP contribution in [0, 0.1) is 5.92 Å². The van der Waals surface area contributed by atoms with Crippen LogP contribution in [-0.4, -0.2) is 20.1 Å². The van der Waals surface area contributed by atoms with E-state index in [-0.39, 0.29) is 0 Å². The van der Waals surface area contributed by atoms with Gasteiger partial charge in [-0.2, -0.15) is 0 Å². The normalized spacial score (nSPS) is 16.2. The van der Waals surface area contributed by atoms with Gasteiger partial charge in [-0.05, 0) is 38.9 Å². The van der Waals surface area contributed by atoms with Gasteiger partial charge in [0.25, 0.3) is 0 Å². The van der Waals surface area contributed by atoms with Crippen LogP contribution in [0.2, 0.25) is 0 Å². The number of hydrogen-bond acceptors (Lipinski definition) is 2. The van der Waals surface area contributed by atoms with Crippen molar-refractivity contribution in [3.05, 3.63) is 0 Å². The van der Waals surface area contributed by atoms with Crippen LogP contribution in [0.15, 0.2) is 0 Å². The predicted octanol–water partition coefficient (Wildman–Crippen LogP) is 1.75. The standard InChI is InChI=1S/C7H15N.C3H9N/c8-6-2-5-7-3-1-4-7;1-3-4-2/h7H,1-6,8H2;4H,3H2,1-2H3. The molecule has 2 heteroatoms. The Kier molecular flexibility index (Phi) is 8.95. The van der Waals surface area contributed by atoms with E-state index in [1.54, 1.807) is 0 Å². The highest BCUT2D eigenvalue weighted by Crippen LogP contribution is 2.29. The minimum atomic E-state index is 0.885. The maximum Gasteiger partial charge on any atom is -0.00772 e. The van der Waals surface area contributed by atoms with Gasteiger partial charge in [0.2, 0.25) is 0 Å². The molecule has 0 bridgehead atoms. The Bertz CT molecular complexity index is 77.9. The maximum atomic E-state index is 5.36. The summed E-state index contributed by atoms with van der Waals surface area (Å²) in [5, 5.41) is 2.93. The second kappa shape index (κ2) is 9.01. The fraction of sp³-hybridized carbons (Fsp3) is 1.00. The van der Waals surface area contributed by atoms with E-state index in [2.05, 4.69) is 12.2 Å². The molecular weight excluding hydrogens is 148 g/mol. The monoisotopic (exact) mass is 172 g/mol. The molecule has 0 aromatic heterocycles. The quantitative estimate of drug-likeness (QED) is 0.678. The first kappa shape index (κ1) is 11.9. The Morgan fingerprint density at radius 2 is 2.00 bits per heavy atom. The van der Waals surface area contributed by atoms with Gasteiger partial charge in [0.05, 0.1) is 0 Å². The molecule has 0 amide bonds. The third-order valence-electron chi connectivity index (χ3n) is 2.39. The van der Waals surface area contributed by atoms with Crippen molar-refractivity contribution in [3.63, 3.8) is 0 Å². The molecule has 1 rings (SSSR count). The van der Waals surface area contributed by atoms with Gasteiger partial charge in [0, 0.05) is 0 Å². The Hall–Kier alpha value is -0.0800. The lowest BCUT2D eigenvalue weighted by Gasteiger charge is -2.24. The zero-order valence-corrected chi connectivity index (χ0v) is 8.60. The van der Waals surface area contributed by atoms with Crippen molar-refractivity contribution >= 4 is 0 Å². The minimum absolute atomic E-state index is 0.885. The van der Waals surface area contributed by atoms with E-state index in [1.807, 2.05) is 7.05 Å². The Morgan fingerprint density at radius 1 is 1.42 bits per heavy atom. The van der Waals surface area contributed by atoms with Crippen LogP contribution in [0.4, 0.5) is 0 Å². The molecule has 0 unspecified atom stereocenters. The highest BCUT2D eigenvalue weighted by molar-refractivity contribution is 4.68. The van der Waals surface area contributed by atoms with Crippen molar-refractivity contribution in [1.29, 1.82) is 0 Å². The van der Waals surface area contributed by atoms with Crippen molar-refractivity contribution in [3.8, 4) is 0 Å². The van der Waals surface area contributed by atoms with Crippen molar-refractivity contribution in [2.75, 3.05) is 20.1 Å². The van der Waals surface area contributed by atoms with Crippen molar-refractivity contribution < 1.29 is 0 Å². The zero-order valence-electron chi connectivity index (χ0n) is 8.60. The van der Waals surface area contributed by atoms with Crippen LogP contribution in [0.25, 0.3) is 0 Å². The highest BCUT2D eigenvalue weighted by atomic mass is 14.8. The van der Waals surface area contributed by atoms with E-state index >= 15 is 0 Å². The molecule has 0 aliphatic heterocycles. The summed E-state index contributed by atoms with van der Waals surface area (Å²) in [6.07, 6.45) is 7.04. The first-order chi connectivity index (χ1) is 5.85. The van der Waals surface area contributed by atoms with Crippen LogP contribution >= 0.6 is 0 Å². The zero-order chi connectivity index (χ0) is 9.23.